The molecule has 3 heteroatoms. The molecule has 21 heavy (non-hydrogen) atoms. The molecule has 0 saturated carbocycles. The summed E-state index contributed by atoms with van der Waals surface area (Å²) in [6, 6.07) is 17.2. The quantitative estimate of drug-likeness (QED) is 0.774. The lowest BCUT2D eigenvalue weighted by atomic mass is 10.1. The Kier molecular flexibility index (Phi) is 4.12. The van der Waals surface area contributed by atoms with Crippen molar-refractivity contribution in [2.45, 2.75) is 20.0 Å². The molecule has 0 bridgehead atoms. The average Bonchev–Trinajstić information content (AvgIpc) is 3.04. The summed E-state index contributed by atoms with van der Waals surface area (Å²) < 4.78 is 2.00. The van der Waals surface area contributed by atoms with Crippen LogP contribution in [0.2, 0.25) is 0 Å². The lowest BCUT2D eigenvalue weighted by molar-refractivity contribution is 0.693. The predicted octanol–water partition coefficient (Wildman–Crippen LogP) is 3.47. The highest BCUT2D eigenvalue weighted by Crippen LogP contribution is 2.09. The Balaban J connectivity index is 1.55. The Labute approximate surface area is 125 Å². The van der Waals surface area contributed by atoms with Crippen LogP contribution in [0.5, 0.6) is 0 Å². The van der Waals surface area contributed by atoms with Crippen molar-refractivity contribution in [1.82, 2.24) is 14.9 Å². The molecule has 0 saturated heterocycles. The fourth-order valence-electron chi connectivity index (χ4n) is 2.25. The smallest absolute Gasteiger partial charge is 0.0991 e. The van der Waals surface area contributed by atoms with Gasteiger partial charge in [-0.15, -0.1) is 0 Å². The summed E-state index contributed by atoms with van der Waals surface area (Å²) in [6.07, 6.45) is 5.55. The molecule has 1 heterocycles. The van der Waals surface area contributed by atoms with Gasteiger partial charge in [-0.05, 0) is 30.2 Å². The molecule has 0 atom stereocenters. The third-order valence-corrected chi connectivity index (χ3v) is 3.52. The Bertz CT molecular complexity index is 667. The number of aryl methyl sites for hydroxylation is 1. The van der Waals surface area contributed by atoms with Crippen molar-refractivity contribution in [3.8, 4) is 5.69 Å². The van der Waals surface area contributed by atoms with Crippen molar-refractivity contribution in [3.63, 3.8) is 0 Å². The SMILES string of the molecule is Cc1ccc(CNCc2ccc(-n3ccnc3)cc2)cc1. The van der Waals surface area contributed by atoms with Gasteiger partial charge in [0, 0.05) is 31.2 Å². The van der Waals surface area contributed by atoms with Crippen molar-refractivity contribution >= 4 is 0 Å². The minimum absolute atomic E-state index is 0.873. The van der Waals surface area contributed by atoms with Gasteiger partial charge in [-0.25, -0.2) is 4.98 Å². The first-order valence-corrected chi connectivity index (χ1v) is 7.15. The van der Waals surface area contributed by atoms with E-state index in [2.05, 4.69) is 65.8 Å². The van der Waals surface area contributed by atoms with E-state index in [0.717, 1.165) is 18.8 Å². The number of nitrogens with one attached hydrogen (secondary N) is 1. The monoisotopic (exact) mass is 277 g/mol. The molecule has 1 aromatic heterocycles. The molecule has 106 valence electrons. The fourth-order valence-corrected chi connectivity index (χ4v) is 2.25. The second-order valence-electron chi connectivity index (χ2n) is 5.23. The van der Waals surface area contributed by atoms with E-state index < -0.39 is 0 Å². The molecule has 0 fully saturated rings. The van der Waals surface area contributed by atoms with Gasteiger partial charge in [0.1, 0.15) is 0 Å². The molecule has 3 aromatic rings. The molecule has 0 spiro atoms. The van der Waals surface area contributed by atoms with E-state index in [1.807, 2.05) is 17.1 Å². The van der Waals surface area contributed by atoms with E-state index in [0.29, 0.717) is 0 Å². The lowest BCUT2D eigenvalue weighted by Crippen LogP contribution is -2.12. The molecule has 0 aliphatic carbocycles. The van der Waals surface area contributed by atoms with Crippen molar-refractivity contribution in [3.05, 3.63) is 83.9 Å². The number of aromatic nitrogens is 2. The van der Waals surface area contributed by atoms with Crippen LogP contribution in [0.25, 0.3) is 5.69 Å². The maximum atomic E-state index is 4.06. The van der Waals surface area contributed by atoms with Gasteiger partial charge >= 0.3 is 0 Å². The summed E-state index contributed by atoms with van der Waals surface area (Å²) in [6.45, 7) is 3.88. The van der Waals surface area contributed by atoms with Crippen LogP contribution in [0.15, 0.2) is 67.3 Å². The molecule has 0 aliphatic heterocycles. The second-order valence-corrected chi connectivity index (χ2v) is 5.23. The second kappa shape index (κ2) is 6.37. The highest BCUT2D eigenvalue weighted by Gasteiger charge is 1.97. The molecule has 0 aliphatic rings. The van der Waals surface area contributed by atoms with Crippen molar-refractivity contribution in [2.24, 2.45) is 0 Å². The Morgan fingerprint density at radius 1 is 0.905 bits per heavy atom. The number of benzene rings is 2. The van der Waals surface area contributed by atoms with Gasteiger partial charge in [0.05, 0.1) is 6.33 Å². The predicted molar refractivity (Wildman–Crippen MR) is 85.3 cm³/mol. The van der Waals surface area contributed by atoms with Gasteiger partial charge in [0.2, 0.25) is 0 Å². The zero-order valence-corrected chi connectivity index (χ0v) is 12.2. The van der Waals surface area contributed by atoms with Gasteiger partial charge in [0.25, 0.3) is 0 Å². The van der Waals surface area contributed by atoms with Crippen LogP contribution in [0.4, 0.5) is 0 Å². The zero-order chi connectivity index (χ0) is 14.5. The normalized spacial score (nSPS) is 10.7. The first-order valence-electron chi connectivity index (χ1n) is 7.15. The van der Waals surface area contributed by atoms with Crippen molar-refractivity contribution in [2.75, 3.05) is 0 Å². The molecule has 3 nitrogen and oxygen atoms in total. The van der Waals surface area contributed by atoms with Gasteiger partial charge in [0.15, 0.2) is 0 Å². The largest absolute Gasteiger partial charge is 0.309 e. The summed E-state index contributed by atoms with van der Waals surface area (Å²) in [4.78, 5) is 4.06. The van der Waals surface area contributed by atoms with Crippen LogP contribution >= 0.6 is 0 Å². The van der Waals surface area contributed by atoms with Crippen molar-refractivity contribution in [1.29, 1.82) is 0 Å². The minimum atomic E-state index is 0.873. The van der Waals surface area contributed by atoms with E-state index in [-0.39, 0.29) is 0 Å². The first-order chi connectivity index (χ1) is 10.3. The molecule has 0 radical (unpaired) electrons. The highest BCUT2D eigenvalue weighted by atomic mass is 15.0. The maximum Gasteiger partial charge on any atom is 0.0991 e. The molecule has 2 aromatic carbocycles. The Morgan fingerprint density at radius 3 is 2.10 bits per heavy atom. The highest BCUT2D eigenvalue weighted by molar-refractivity contribution is 5.34. The third kappa shape index (κ3) is 3.58. The number of nitrogens with zero attached hydrogens (tertiary/aromatic N) is 2. The summed E-state index contributed by atoms with van der Waals surface area (Å²) in [5.41, 5.74) is 5.03. The first kappa shape index (κ1) is 13.6. The van der Waals surface area contributed by atoms with Crippen LogP contribution < -0.4 is 5.32 Å². The summed E-state index contributed by atoms with van der Waals surface area (Å²) in [5.74, 6) is 0. The lowest BCUT2D eigenvalue weighted by Gasteiger charge is -2.07. The van der Waals surface area contributed by atoms with Crippen LogP contribution in [0.1, 0.15) is 16.7 Å². The van der Waals surface area contributed by atoms with Crippen LogP contribution in [-0.2, 0) is 13.1 Å². The minimum Gasteiger partial charge on any atom is -0.309 e. The molecule has 0 unspecified atom stereocenters. The Hall–Kier alpha value is -2.39. The van der Waals surface area contributed by atoms with Crippen LogP contribution in [0, 0.1) is 6.92 Å². The molecule has 0 amide bonds. The van der Waals surface area contributed by atoms with E-state index in [4.69, 9.17) is 0 Å². The summed E-state index contributed by atoms with van der Waals surface area (Å²) in [7, 11) is 0. The van der Waals surface area contributed by atoms with Gasteiger partial charge in [-0.2, -0.15) is 0 Å². The van der Waals surface area contributed by atoms with E-state index in [1.165, 1.54) is 16.7 Å². The molecular weight excluding hydrogens is 258 g/mol. The number of hydrogen-bond acceptors (Lipinski definition) is 2. The molecule has 1 N–H and O–H groups in total. The number of hydrogen-bond donors (Lipinski definition) is 1. The summed E-state index contributed by atoms with van der Waals surface area (Å²) in [5, 5.41) is 3.47. The summed E-state index contributed by atoms with van der Waals surface area (Å²) >= 11 is 0. The fraction of sp³-hybridized carbons (Fsp3) is 0.167. The van der Waals surface area contributed by atoms with Gasteiger partial charge in [-0.3, -0.25) is 0 Å². The zero-order valence-electron chi connectivity index (χ0n) is 12.2. The number of rotatable bonds is 5. The average molecular weight is 277 g/mol. The maximum absolute atomic E-state index is 4.06. The molecular formula is C18H19N3. The standard InChI is InChI=1S/C18H19N3/c1-15-2-4-16(5-3-15)12-20-13-17-6-8-18(9-7-17)21-11-10-19-14-21/h2-11,14,20H,12-13H2,1H3. The van der Waals surface area contributed by atoms with Crippen LogP contribution in [-0.4, -0.2) is 9.55 Å². The van der Waals surface area contributed by atoms with E-state index in [9.17, 15) is 0 Å². The molecule has 3 rings (SSSR count). The third-order valence-electron chi connectivity index (χ3n) is 3.52. The Morgan fingerprint density at radius 2 is 1.52 bits per heavy atom. The van der Waals surface area contributed by atoms with E-state index >= 15 is 0 Å². The van der Waals surface area contributed by atoms with Crippen molar-refractivity contribution < 1.29 is 0 Å². The van der Waals surface area contributed by atoms with Gasteiger partial charge < -0.3 is 9.88 Å². The van der Waals surface area contributed by atoms with Gasteiger partial charge in [-0.1, -0.05) is 42.0 Å². The van der Waals surface area contributed by atoms with Crippen LogP contribution in [0.3, 0.4) is 0 Å². The topological polar surface area (TPSA) is 29.9 Å². The van der Waals surface area contributed by atoms with E-state index in [1.54, 1.807) is 6.20 Å². The number of imidazole rings is 1.